The predicted octanol–water partition coefficient (Wildman–Crippen LogP) is 2.72. The normalized spacial score (nSPS) is 11.1. The Labute approximate surface area is 113 Å². The fraction of sp³-hybridized carbons (Fsp3) is 0.231. The zero-order chi connectivity index (χ0) is 13.4. The molecule has 96 valence electrons. The maximum atomic E-state index is 11.7. The number of carbonyl (C=O) groups is 1. The largest absolute Gasteiger partial charge is 0.460 e. The fourth-order valence-corrected chi connectivity index (χ4v) is 3.08. The van der Waals surface area contributed by atoms with Crippen LogP contribution in [0.4, 0.5) is 0 Å². The third kappa shape index (κ3) is 1.94. The minimum atomic E-state index is -0.483. The second-order valence-corrected chi connectivity index (χ2v) is 5.04. The highest BCUT2D eigenvalue weighted by atomic mass is 32.1. The van der Waals surface area contributed by atoms with Crippen molar-refractivity contribution in [1.29, 1.82) is 0 Å². The zero-order valence-corrected chi connectivity index (χ0v) is 11.3. The molecule has 0 radical (unpaired) electrons. The number of thiophene rings is 1. The molecule has 0 aliphatic rings. The standard InChI is InChI=1S/C13H11N3O2S/c1-3-18-13(17)11-15-7(2)10-8-4-5-14-6-9(8)19-12(10)16-11/h4-6H,3H2,1-2H3. The van der Waals surface area contributed by atoms with Crippen molar-refractivity contribution in [3.05, 3.63) is 30.0 Å². The molecule has 0 spiro atoms. The van der Waals surface area contributed by atoms with E-state index in [-0.39, 0.29) is 5.82 Å². The van der Waals surface area contributed by atoms with Crippen LogP contribution in [0, 0.1) is 6.92 Å². The van der Waals surface area contributed by atoms with E-state index >= 15 is 0 Å². The van der Waals surface area contributed by atoms with Gasteiger partial charge in [0.1, 0.15) is 4.83 Å². The van der Waals surface area contributed by atoms with Gasteiger partial charge in [-0.25, -0.2) is 14.8 Å². The van der Waals surface area contributed by atoms with Crippen molar-refractivity contribution >= 4 is 37.6 Å². The maximum absolute atomic E-state index is 11.7. The van der Waals surface area contributed by atoms with Crippen molar-refractivity contribution in [2.24, 2.45) is 0 Å². The Morgan fingerprint density at radius 2 is 2.26 bits per heavy atom. The van der Waals surface area contributed by atoms with Crippen LogP contribution in [0.1, 0.15) is 23.2 Å². The number of rotatable bonds is 2. The molecule has 0 unspecified atom stereocenters. The van der Waals surface area contributed by atoms with Crippen molar-refractivity contribution in [2.45, 2.75) is 13.8 Å². The number of esters is 1. The molecule has 3 rings (SSSR count). The molecule has 0 aliphatic carbocycles. The van der Waals surface area contributed by atoms with Crippen LogP contribution in [-0.2, 0) is 4.74 Å². The van der Waals surface area contributed by atoms with Crippen LogP contribution < -0.4 is 0 Å². The second-order valence-electron chi connectivity index (χ2n) is 4.01. The van der Waals surface area contributed by atoms with E-state index in [2.05, 4.69) is 15.0 Å². The van der Waals surface area contributed by atoms with Gasteiger partial charge in [-0.15, -0.1) is 11.3 Å². The van der Waals surface area contributed by atoms with E-state index in [1.807, 2.05) is 13.0 Å². The molecule has 5 nitrogen and oxygen atoms in total. The number of hydrogen-bond acceptors (Lipinski definition) is 6. The van der Waals surface area contributed by atoms with E-state index in [0.29, 0.717) is 6.61 Å². The Balaban J connectivity index is 2.26. The summed E-state index contributed by atoms with van der Waals surface area (Å²) in [6.45, 7) is 3.95. The lowest BCUT2D eigenvalue weighted by molar-refractivity contribution is 0.0512. The van der Waals surface area contributed by atoms with Gasteiger partial charge in [-0.3, -0.25) is 4.98 Å². The molecule has 0 fully saturated rings. The molecule has 6 heteroatoms. The summed E-state index contributed by atoms with van der Waals surface area (Å²) >= 11 is 1.50. The number of aryl methyl sites for hydroxylation is 1. The van der Waals surface area contributed by atoms with Gasteiger partial charge in [-0.2, -0.15) is 0 Å². The van der Waals surface area contributed by atoms with E-state index < -0.39 is 5.97 Å². The topological polar surface area (TPSA) is 65.0 Å². The van der Waals surface area contributed by atoms with E-state index in [1.54, 1.807) is 19.3 Å². The SMILES string of the molecule is CCOC(=O)c1nc(C)c2c(n1)sc1cnccc12. The Kier molecular flexibility index (Phi) is 2.87. The minimum Gasteiger partial charge on any atom is -0.460 e. The van der Waals surface area contributed by atoms with Gasteiger partial charge in [0, 0.05) is 23.2 Å². The number of fused-ring (bicyclic) bond motifs is 3. The van der Waals surface area contributed by atoms with Crippen molar-refractivity contribution in [1.82, 2.24) is 15.0 Å². The van der Waals surface area contributed by atoms with Crippen LogP contribution in [0.25, 0.3) is 20.3 Å². The quantitative estimate of drug-likeness (QED) is 0.672. The lowest BCUT2D eigenvalue weighted by atomic mass is 10.2. The van der Waals surface area contributed by atoms with Crippen molar-refractivity contribution in [3.8, 4) is 0 Å². The highest BCUT2D eigenvalue weighted by Crippen LogP contribution is 2.33. The van der Waals surface area contributed by atoms with Crippen LogP contribution in [0.3, 0.4) is 0 Å². The molecule has 3 aromatic rings. The Hall–Kier alpha value is -2.08. The van der Waals surface area contributed by atoms with Gasteiger partial charge in [0.15, 0.2) is 0 Å². The summed E-state index contributed by atoms with van der Waals surface area (Å²) in [6, 6.07) is 1.94. The molecule has 0 aromatic carbocycles. The molecule has 0 saturated carbocycles. The number of hydrogen-bond donors (Lipinski definition) is 0. The van der Waals surface area contributed by atoms with Crippen LogP contribution in [0.5, 0.6) is 0 Å². The predicted molar refractivity (Wildman–Crippen MR) is 73.4 cm³/mol. The number of aromatic nitrogens is 3. The van der Waals surface area contributed by atoms with Crippen LogP contribution in [0.15, 0.2) is 18.5 Å². The molecule has 0 N–H and O–H groups in total. The summed E-state index contributed by atoms with van der Waals surface area (Å²) in [7, 11) is 0. The molecule has 0 amide bonds. The van der Waals surface area contributed by atoms with Gasteiger partial charge in [-0.1, -0.05) is 0 Å². The summed E-state index contributed by atoms with van der Waals surface area (Å²) in [5.41, 5.74) is 0.783. The summed E-state index contributed by atoms with van der Waals surface area (Å²) in [4.78, 5) is 25.1. The molecule has 0 aliphatic heterocycles. The van der Waals surface area contributed by atoms with Gasteiger partial charge < -0.3 is 4.74 Å². The van der Waals surface area contributed by atoms with E-state index in [0.717, 1.165) is 26.0 Å². The lowest BCUT2D eigenvalue weighted by Gasteiger charge is -2.02. The first-order chi connectivity index (χ1) is 9.20. The van der Waals surface area contributed by atoms with Gasteiger partial charge in [0.25, 0.3) is 0 Å². The van der Waals surface area contributed by atoms with Crippen molar-refractivity contribution < 1.29 is 9.53 Å². The molecule has 0 bridgehead atoms. The van der Waals surface area contributed by atoms with Gasteiger partial charge >= 0.3 is 5.97 Å². The van der Waals surface area contributed by atoms with Crippen LogP contribution >= 0.6 is 11.3 Å². The first-order valence-corrected chi connectivity index (χ1v) is 6.70. The number of carbonyl (C=O) groups excluding carboxylic acids is 1. The highest BCUT2D eigenvalue weighted by Gasteiger charge is 2.16. The molecule has 19 heavy (non-hydrogen) atoms. The lowest BCUT2D eigenvalue weighted by Crippen LogP contribution is -2.10. The fourth-order valence-electron chi connectivity index (χ4n) is 1.99. The van der Waals surface area contributed by atoms with Crippen LogP contribution in [-0.4, -0.2) is 27.5 Å². The zero-order valence-electron chi connectivity index (χ0n) is 10.5. The summed E-state index contributed by atoms with van der Waals surface area (Å²) in [5.74, 6) is -0.366. The summed E-state index contributed by atoms with van der Waals surface area (Å²) in [6.07, 6.45) is 3.54. The molecular formula is C13H11N3O2S. The van der Waals surface area contributed by atoms with Crippen molar-refractivity contribution in [2.75, 3.05) is 6.61 Å². The summed E-state index contributed by atoms with van der Waals surface area (Å²) < 4.78 is 5.97. The van der Waals surface area contributed by atoms with E-state index in [1.165, 1.54) is 11.3 Å². The first-order valence-electron chi connectivity index (χ1n) is 5.88. The average Bonchev–Trinajstić information content (AvgIpc) is 2.77. The Bertz CT molecular complexity index is 782. The first kappa shape index (κ1) is 12.0. The number of ether oxygens (including phenoxy) is 1. The molecule has 0 atom stereocenters. The second kappa shape index (κ2) is 4.55. The Morgan fingerprint density at radius 3 is 3.05 bits per heavy atom. The van der Waals surface area contributed by atoms with Gasteiger partial charge in [0.2, 0.25) is 5.82 Å². The average molecular weight is 273 g/mol. The number of nitrogens with zero attached hydrogens (tertiary/aromatic N) is 3. The number of pyridine rings is 1. The monoisotopic (exact) mass is 273 g/mol. The summed E-state index contributed by atoms with van der Waals surface area (Å²) in [5, 5.41) is 2.05. The van der Waals surface area contributed by atoms with E-state index in [4.69, 9.17) is 4.74 Å². The highest BCUT2D eigenvalue weighted by molar-refractivity contribution is 7.25. The minimum absolute atomic E-state index is 0.117. The van der Waals surface area contributed by atoms with Crippen LogP contribution in [0.2, 0.25) is 0 Å². The molecule has 3 heterocycles. The Morgan fingerprint density at radius 1 is 1.42 bits per heavy atom. The molecular weight excluding hydrogens is 262 g/mol. The smallest absolute Gasteiger partial charge is 0.376 e. The third-order valence-corrected chi connectivity index (χ3v) is 3.81. The third-order valence-electron chi connectivity index (χ3n) is 2.78. The van der Waals surface area contributed by atoms with Gasteiger partial charge in [0.05, 0.1) is 17.0 Å². The molecule has 0 saturated heterocycles. The maximum Gasteiger partial charge on any atom is 0.376 e. The molecule has 3 aromatic heterocycles. The van der Waals surface area contributed by atoms with E-state index in [9.17, 15) is 4.79 Å². The van der Waals surface area contributed by atoms with Gasteiger partial charge in [-0.05, 0) is 19.9 Å². The van der Waals surface area contributed by atoms with Crippen molar-refractivity contribution in [3.63, 3.8) is 0 Å².